The summed E-state index contributed by atoms with van der Waals surface area (Å²) in [5.41, 5.74) is 9.37. The van der Waals surface area contributed by atoms with Crippen molar-refractivity contribution in [2.24, 2.45) is 5.73 Å². The van der Waals surface area contributed by atoms with Gasteiger partial charge in [-0.25, -0.2) is 0 Å². The molecule has 0 fully saturated rings. The molecule has 1 heterocycles. The molecule has 0 spiro atoms. The Morgan fingerprint density at radius 3 is 3.00 bits per heavy atom. The highest BCUT2D eigenvalue weighted by molar-refractivity contribution is 5.75. The smallest absolute Gasteiger partial charge is 0.218 e. The topological polar surface area (TPSA) is 52.3 Å². The van der Waals surface area contributed by atoms with Crippen LogP contribution >= 0.6 is 0 Å². The van der Waals surface area contributed by atoms with Crippen molar-refractivity contribution in [1.29, 1.82) is 0 Å². The fourth-order valence-corrected chi connectivity index (χ4v) is 3.00. The summed E-state index contributed by atoms with van der Waals surface area (Å²) in [7, 11) is 0. The van der Waals surface area contributed by atoms with Crippen LogP contribution in [0.1, 0.15) is 42.9 Å². The summed E-state index contributed by atoms with van der Waals surface area (Å²) in [4.78, 5) is 11.1. The SMILES string of the molecule is C.NC(=O)CC1CCc2ccc3c(c21)CCO3. The first-order valence-corrected chi connectivity index (χ1v) is 5.81. The number of hydrogen-bond acceptors (Lipinski definition) is 2. The Morgan fingerprint density at radius 1 is 1.41 bits per heavy atom. The predicted molar refractivity (Wildman–Crippen MR) is 67.2 cm³/mol. The molecule has 2 aliphatic rings. The van der Waals surface area contributed by atoms with Crippen LogP contribution in [0.2, 0.25) is 0 Å². The predicted octanol–water partition coefficient (Wildman–Crippen LogP) is 2.16. The van der Waals surface area contributed by atoms with E-state index in [9.17, 15) is 4.79 Å². The average molecular weight is 233 g/mol. The number of primary amides is 1. The molecule has 92 valence electrons. The average Bonchev–Trinajstić information content (AvgIpc) is 2.82. The second kappa shape index (κ2) is 4.40. The lowest BCUT2D eigenvalue weighted by Gasteiger charge is -2.12. The minimum Gasteiger partial charge on any atom is -0.493 e. The fraction of sp³-hybridized carbons (Fsp3) is 0.500. The first-order valence-electron chi connectivity index (χ1n) is 5.81. The van der Waals surface area contributed by atoms with Crippen LogP contribution in [-0.4, -0.2) is 12.5 Å². The Balaban J connectivity index is 0.00000108. The molecular weight excluding hydrogens is 214 g/mol. The van der Waals surface area contributed by atoms with Gasteiger partial charge in [-0.2, -0.15) is 0 Å². The van der Waals surface area contributed by atoms with Crippen LogP contribution < -0.4 is 10.5 Å². The highest BCUT2D eigenvalue weighted by atomic mass is 16.5. The monoisotopic (exact) mass is 233 g/mol. The van der Waals surface area contributed by atoms with Gasteiger partial charge in [0.2, 0.25) is 5.91 Å². The molecule has 0 saturated heterocycles. The van der Waals surface area contributed by atoms with Crippen molar-refractivity contribution in [3.63, 3.8) is 0 Å². The van der Waals surface area contributed by atoms with Crippen LogP contribution in [0.3, 0.4) is 0 Å². The molecule has 1 aliphatic carbocycles. The van der Waals surface area contributed by atoms with E-state index in [1.165, 1.54) is 16.7 Å². The van der Waals surface area contributed by atoms with E-state index >= 15 is 0 Å². The molecule has 3 heteroatoms. The molecule has 17 heavy (non-hydrogen) atoms. The van der Waals surface area contributed by atoms with Crippen molar-refractivity contribution in [2.45, 2.75) is 39.0 Å². The number of rotatable bonds is 2. The van der Waals surface area contributed by atoms with Gasteiger partial charge < -0.3 is 10.5 Å². The van der Waals surface area contributed by atoms with Crippen LogP contribution in [0.25, 0.3) is 0 Å². The summed E-state index contributed by atoms with van der Waals surface area (Å²) in [6, 6.07) is 4.20. The van der Waals surface area contributed by atoms with Gasteiger partial charge in [0.15, 0.2) is 0 Å². The standard InChI is InChI=1S/C13H15NO2.CH4/c14-12(15)7-9-2-1-8-3-4-11-10(13(8)9)5-6-16-11;/h3-4,9H,1-2,5-7H2,(H2,14,15);1H4. The zero-order chi connectivity index (χ0) is 11.1. The van der Waals surface area contributed by atoms with Gasteiger partial charge >= 0.3 is 0 Å². The molecule has 1 aliphatic heterocycles. The summed E-state index contributed by atoms with van der Waals surface area (Å²) >= 11 is 0. The summed E-state index contributed by atoms with van der Waals surface area (Å²) in [5.74, 6) is 1.13. The quantitative estimate of drug-likeness (QED) is 0.851. The van der Waals surface area contributed by atoms with Gasteiger partial charge in [-0.1, -0.05) is 13.5 Å². The first-order chi connectivity index (χ1) is 7.75. The zero-order valence-corrected chi connectivity index (χ0v) is 9.16. The lowest BCUT2D eigenvalue weighted by Crippen LogP contribution is -2.14. The Morgan fingerprint density at radius 2 is 2.24 bits per heavy atom. The minimum atomic E-state index is -0.200. The zero-order valence-electron chi connectivity index (χ0n) is 9.16. The maximum atomic E-state index is 11.1. The molecule has 1 amide bonds. The highest BCUT2D eigenvalue weighted by Gasteiger charge is 2.30. The van der Waals surface area contributed by atoms with Gasteiger partial charge in [-0.3, -0.25) is 4.79 Å². The number of nitrogens with two attached hydrogens (primary N) is 1. The molecule has 3 rings (SSSR count). The fourth-order valence-electron chi connectivity index (χ4n) is 3.00. The number of ether oxygens (including phenoxy) is 1. The van der Waals surface area contributed by atoms with E-state index in [0.717, 1.165) is 31.6 Å². The number of amides is 1. The summed E-state index contributed by atoms with van der Waals surface area (Å²) < 4.78 is 5.56. The van der Waals surface area contributed by atoms with E-state index in [4.69, 9.17) is 10.5 Å². The van der Waals surface area contributed by atoms with Crippen molar-refractivity contribution < 1.29 is 9.53 Å². The Bertz CT molecular complexity index is 454. The lowest BCUT2D eigenvalue weighted by molar-refractivity contribution is -0.118. The van der Waals surface area contributed by atoms with Gasteiger partial charge in [0.1, 0.15) is 5.75 Å². The Labute approximate surface area is 102 Å². The van der Waals surface area contributed by atoms with Crippen LogP contribution in [0.5, 0.6) is 5.75 Å². The summed E-state index contributed by atoms with van der Waals surface area (Å²) in [6.45, 7) is 0.773. The molecule has 1 aromatic rings. The molecular formula is C14H19NO2. The molecule has 0 saturated carbocycles. The second-order valence-corrected chi connectivity index (χ2v) is 4.62. The number of aryl methyl sites for hydroxylation is 1. The maximum Gasteiger partial charge on any atom is 0.218 e. The van der Waals surface area contributed by atoms with Crippen molar-refractivity contribution in [3.05, 3.63) is 28.8 Å². The number of carbonyl (C=O) groups excluding carboxylic acids is 1. The number of fused-ring (bicyclic) bond motifs is 3. The molecule has 1 atom stereocenters. The van der Waals surface area contributed by atoms with Gasteiger partial charge in [0, 0.05) is 18.4 Å². The van der Waals surface area contributed by atoms with Gasteiger partial charge in [-0.15, -0.1) is 0 Å². The van der Waals surface area contributed by atoms with Crippen molar-refractivity contribution >= 4 is 5.91 Å². The Kier molecular flexibility index (Phi) is 3.09. The molecule has 1 unspecified atom stereocenters. The molecule has 0 aromatic heterocycles. The summed E-state index contributed by atoms with van der Waals surface area (Å²) in [5, 5.41) is 0. The third-order valence-electron chi connectivity index (χ3n) is 3.63. The van der Waals surface area contributed by atoms with Crippen LogP contribution in [0.15, 0.2) is 12.1 Å². The summed E-state index contributed by atoms with van der Waals surface area (Å²) in [6.07, 6.45) is 3.58. The molecule has 0 radical (unpaired) electrons. The van der Waals surface area contributed by atoms with Crippen LogP contribution in [0, 0.1) is 0 Å². The number of carbonyl (C=O) groups is 1. The normalized spacial score (nSPS) is 20.1. The van der Waals surface area contributed by atoms with E-state index in [2.05, 4.69) is 12.1 Å². The van der Waals surface area contributed by atoms with E-state index in [0.29, 0.717) is 12.3 Å². The molecule has 2 N–H and O–H groups in total. The van der Waals surface area contributed by atoms with E-state index in [1.54, 1.807) is 0 Å². The van der Waals surface area contributed by atoms with Crippen molar-refractivity contribution in [3.8, 4) is 5.75 Å². The van der Waals surface area contributed by atoms with E-state index in [1.807, 2.05) is 0 Å². The highest BCUT2D eigenvalue weighted by Crippen LogP contribution is 2.42. The Hall–Kier alpha value is -1.51. The molecule has 0 bridgehead atoms. The number of benzene rings is 1. The van der Waals surface area contributed by atoms with E-state index < -0.39 is 0 Å². The van der Waals surface area contributed by atoms with Gasteiger partial charge in [0.25, 0.3) is 0 Å². The minimum absolute atomic E-state index is 0. The third-order valence-corrected chi connectivity index (χ3v) is 3.63. The third kappa shape index (κ3) is 1.90. The van der Waals surface area contributed by atoms with Crippen LogP contribution in [-0.2, 0) is 17.6 Å². The molecule has 3 nitrogen and oxygen atoms in total. The largest absolute Gasteiger partial charge is 0.493 e. The van der Waals surface area contributed by atoms with Crippen molar-refractivity contribution in [2.75, 3.05) is 6.61 Å². The number of hydrogen-bond donors (Lipinski definition) is 1. The van der Waals surface area contributed by atoms with Gasteiger partial charge in [0.05, 0.1) is 6.61 Å². The maximum absolute atomic E-state index is 11.1. The lowest BCUT2D eigenvalue weighted by atomic mass is 9.92. The van der Waals surface area contributed by atoms with E-state index in [-0.39, 0.29) is 13.3 Å². The molecule has 1 aromatic carbocycles. The van der Waals surface area contributed by atoms with Gasteiger partial charge in [-0.05, 0) is 36.0 Å². The second-order valence-electron chi connectivity index (χ2n) is 4.62. The van der Waals surface area contributed by atoms with Crippen molar-refractivity contribution in [1.82, 2.24) is 0 Å². The van der Waals surface area contributed by atoms with Crippen LogP contribution in [0.4, 0.5) is 0 Å². The first kappa shape index (κ1) is 12.0.